The minimum atomic E-state index is -1.80. The average Bonchev–Trinajstić information content (AvgIpc) is 1.58. The molecular weight excluding hydrogens is 1350 g/mol. The van der Waals surface area contributed by atoms with E-state index in [9.17, 15) is 87.9 Å². The highest BCUT2D eigenvalue weighted by molar-refractivity contribution is 6.00. The van der Waals surface area contributed by atoms with Crippen LogP contribution in [0.4, 0.5) is 0 Å². The Labute approximate surface area is 609 Å². The number of rotatable bonds is 23. The molecule has 3 rings (SSSR count). The van der Waals surface area contributed by atoms with Crippen molar-refractivity contribution in [2.45, 2.75) is 257 Å². The van der Waals surface area contributed by atoms with E-state index < -0.39 is 218 Å². The van der Waals surface area contributed by atoms with Crippen LogP contribution in [0.2, 0.25) is 0 Å². The Kier molecular flexibility index (Phi) is 38.7. The minimum absolute atomic E-state index is 0.00317. The van der Waals surface area contributed by atoms with Crippen LogP contribution in [0.5, 0.6) is 0 Å². The smallest absolute Gasteiger partial charge is 0.248 e. The summed E-state index contributed by atoms with van der Waals surface area (Å²) in [6, 6.07) is -9.64. The Bertz CT molecular complexity index is 3040. The lowest BCUT2D eigenvalue weighted by atomic mass is 9.95. The molecule has 2 aliphatic heterocycles. The number of unbranched alkanes of at least 4 members (excludes halogenated alkanes) is 3. The quantitative estimate of drug-likeness (QED) is 0.0285. The molecule has 0 saturated carbocycles. The Morgan fingerprint density at radius 2 is 1.12 bits per heavy atom. The number of aliphatic imine (C=N–C) groups is 1. The molecule has 34 heteroatoms. The van der Waals surface area contributed by atoms with E-state index in [2.05, 4.69) is 63.5 Å². The van der Waals surface area contributed by atoms with E-state index in [1.54, 1.807) is 85.7 Å². The first-order valence-corrected chi connectivity index (χ1v) is 36.2. The number of carbonyl (C=O) groups excluding carboxylic acids is 13. The number of aliphatic hydroxyl groups excluding tert-OH is 5. The SMILES string of the molecule is CCCCCCC1CC(=O)N[C@@H](Cc2ccccc2)C(=O)N[C@@H]([C@@H](C)O)C(=O)N[C@@H](C(C)C)C(=O)N[C@@H](CC(C)C)C(=O)N[C@@H](CCCN=C(N)N)C(=O)N(C)[C@@H]([C@@H](C)CC)C(=O)NCC(=O)N[C@@H](CO)C(=O)N[C@@H]([C@@H](C)O)C(=O)N2CCC[C@H]2C(=O)NC(CCO)C(=O)NC(C(O)C(C)C)C(=O)N1. The van der Waals surface area contributed by atoms with Crippen molar-refractivity contribution < 1.29 is 87.9 Å². The number of amides is 13. The number of nitrogens with one attached hydrogen (secondary N) is 11. The van der Waals surface area contributed by atoms with Gasteiger partial charge in [0.2, 0.25) is 76.8 Å². The fourth-order valence-corrected chi connectivity index (χ4v) is 12.2. The summed E-state index contributed by atoms with van der Waals surface area (Å²) in [5.74, 6) is -14.8. The molecule has 1 aromatic rings. The summed E-state index contributed by atoms with van der Waals surface area (Å²) in [5.41, 5.74) is 11.7. The largest absolute Gasteiger partial charge is 0.396 e. The van der Waals surface area contributed by atoms with Gasteiger partial charge in [-0.2, -0.15) is 0 Å². The summed E-state index contributed by atoms with van der Waals surface area (Å²) in [6.45, 7) is 14.9. The van der Waals surface area contributed by atoms with Crippen LogP contribution in [-0.4, -0.2) is 249 Å². The van der Waals surface area contributed by atoms with Crippen molar-refractivity contribution in [2.75, 3.05) is 39.9 Å². The van der Waals surface area contributed by atoms with Crippen LogP contribution in [-0.2, 0) is 68.7 Å². The lowest BCUT2D eigenvalue weighted by molar-refractivity contribution is -0.145. The third kappa shape index (κ3) is 28.8. The molecule has 0 aliphatic carbocycles. The normalized spacial score (nSPS) is 26.6. The molecule has 0 spiro atoms. The lowest BCUT2D eigenvalue weighted by Gasteiger charge is -2.34. The van der Waals surface area contributed by atoms with Gasteiger partial charge >= 0.3 is 0 Å². The molecule has 2 fully saturated rings. The van der Waals surface area contributed by atoms with Crippen LogP contribution in [0, 0.1) is 23.7 Å². The van der Waals surface area contributed by atoms with Crippen molar-refractivity contribution in [1.82, 2.24) is 68.3 Å². The van der Waals surface area contributed by atoms with Gasteiger partial charge in [0.1, 0.15) is 66.5 Å². The molecule has 2 saturated heterocycles. The van der Waals surface area contributed by atoms with Crippen molar-refractivity contribution in [3.8, 4) is 0 Å². The zero-order valence-electron chi connectivity index (χ0n) is 62.3. The topological polar surface area (TPSA) is 526 Å². The van der Waals surface area contributed by atoms with E-state index in [1.807, 2.05) is 6.92 Å². The summed E-state index contributed by atoms with van der Waals surface area (Å²) in [4.78, 5) is 193. The molecule has 34 nitrogen and oxygen atoms in total. The van der Waals surface area contributed by atoms with Gasteiger partial charge in [-0.1, -0.05) is 125 Å². The summed E-state index contributed by atoms with van der Waals surface area (Å²) in [5, 5.41) is 82.6. The number of hydrogen-bond donors (Lipinski definition) is 18. The molecule has 13 amide bonds. The van der Waals surface area contributed by atoms with Gasteiger partial charge in [-0.25, -0.2) is 0 Å². The molecule has 4 unspecified atom stereocenters. The van der Waals surface area contributed by atoms with Gasteiger partial charge in [-0.3, -0.25) is 67.3 Å². The van der Waals surface area contributed by atoms with Gasteiger partial charge in [-0.15, -0.1) is 0 Å². The molecule has 1 aromatic carbocycles. The first-order chi connectivity index (χ1) is 49.0. The van der Waals surface area contributed by atoms with Crippen LogP contribution < -0.4 is 70.0 Å². The molecule has 20 N–H and O–H groups in total. The third-order valence-electron chi connectivity index (χ3n) is 18.3. The number of likely N-dealkylation sites (N-methyl/N-ethyl adjacent to an activating group) is 1. The van der Waals surface area contributed by atoms with E-state index in [0.717, 1.165) is 29.6 Å². The van der Waals surface area contributed by atoms with Crippen molar-refractivity contribution in [2.24, 2.45) is 40.1 Å². The van der Waals surface area contributed by atoms with E-state index in [4.69, 9.17) is 11.5 Å². The fraction of sp³-hybridized carbons (Fsp3) is 0.714. The molecule has 0 bridgehead atoms. The van der Waals surface area contributed by atoms with Crippen LogP contribution in [0.1, 0.15) is 165 Å². The van der Waals surface area contributed by atoms with Crippen LogP contribution >= 0.6 is 0 Å². The lowest BCUT2D eigenvalue weighted by Crippen LogP contribution is -2.63. The number of nitrogens with two attached hydrogens (primary N) is 2. The molecule has 2 heterocycles. The molecule has 0 aromatic heterocycles. The Hall–Kier alpha value is -8.60. The van der Waals surface area contributed by atoms with Gasteiger partial charge < -0.3 is 105 Å². The second-order valence-electron chi connectivity index (χ2n) is 28.2. The van der Waals surface area contributed by atoms with Gasteiger partial charge in [0, 0.05) is 45.6 Å². The van der Waals surface area contributed by atoms with Gasteiger partial charge in [0.05, 0.1) is 31.5 Å². The monoisotopic (exact) mass is 1470 g/mol. The van der Waals surface area contributed by atoms with E-state index in [-0.39, 0.29) is 69.9 Å². The summed E-state index contributed by atoms with van der Waals surface area (Å²) in [6.07, 6.45) is -2.54. The maximum absolute atomic E-state index is 14.8. The van der Waals surface area contributed by atoms with Gasteiger partial charge in [0.15, 0.2) is 5.96 Å². The van der Waals surface area contributed by atoms with E-state index in [1.165, 1.54) is 14.0 Å². The second-order valence-corrected chi connectivity index (χ2v) is 28.2. The predicted molar refractivity (Wildman–Crippen MR) is 384 cm³/mol. The first kappa shape index (κ1) is 89.6. The van der Waals surface area contributed by atoms with Crippen molar-refractivity contribution in [1.29, 1.82) is 0 Å². The number of fused-ring (bicyclic) bond motifs is 1. The number of guanidine groups is 1. The van der Waals surface area contributed by atoms with Crippen molar-refractivity contribution in [3.63, 3.8) is 0 Å². The van der Waals surface area contributed by atoms with Crippen molar-refractivity contribution in [3.05, 3.63) is 35.9 Å². The molecule has 586 valence electrons. The minimum Gasteiger partial charge on any atom is -0.396 e. The van der Waals surface area contributed by atoms with Crippen LogP contribution in [0.3, 0.4) is 0 Å². The molecule has 16 atom stereocenters. The summed E-state index contributed by atoms with van der Waals surface area (Å²) >= 11 is 0. The highest BCUT2D eigenvalue weighted by Gasteiger charge is 2.44. The Morgan fingerprint density at radius 1 is 0.558 bits per heavy atom. The average molecular weight is 1470 g/mol. The first-order valence-electron chi connectivity index (χ1n) is 36.2. The van der Waals surface area contributed by atoms with E-state index >= 15 is 0 Å². The zero-order valence-corrected chi connectivity index (χ0v) is 62.3. The molecule has 104 heavy (non-hydrogen) atoms. The molecular formula is C70H118N16O18. The summed E-state index contributed by atoms with van der Waals surface area (Å²) < 4.78 is 0. The maximum Gasteiger partial charge on any atom is 0.248 e. The Morgan fingerprint density at radius 3 is 1.69 bits per heavy atom. The zero-order chi connectivity index (χ0) is 78.2. The number of hydrogen-bond acceptors (Lipinski definition) is 19. The highest BCUT2D eigenvalue weighted by Crippen LogP contribution is 2.22. The highest BCUT2D eigenvalue weighted by atomic mass is 16.3. The number of nitrogens with zero attached hydrogens (tertiary/aromatic N) is 3. The standard InChI is InChI=1S/C70H118N16O18/c1-13-15-16-20-25-44-34-51(91)76-48(33-43-23-18-17-19-24-43)61(96)82-54(41(10)89)65(100)81-53(38(5)6)64(99)80-47(32-37(3)4)60(95)79-46(26-21-29-73-70(71)72)68(103)85(12)57(40(9)14-2)67(102)74-35-52(92)77-49(36-88)62(97)83-55(42(11)90)69(104)86-30-22-27-50(86)63(98)78-45(28-31-87)59(94)84-56(66(101)75-44)58(93)39(7)8/h17-19,23-24,37-42,44-50,53-58,87-90,93H,13-16,20-22,25-36H2,1-12H3,(H,74,102)(H,75,101)(H,76,91)(H,77,92)(H,78,98)(H,79,95)(H,80,99)(H,81,100)(H,82,96)(H,83,97)(H,84,94)(H4,71,72,73)/t40-,41+,42+,44?,45?,46-,47-,48-,49-,50-,53-,54-,55-,56?,57-,58?/m0/s1. The third-order valence-corrected chi connectivity index (χ3v) is 18.3. The number of benzene rings is 1. The molecule has 2 aliphatic rings. The van der Waals surface area contributed by atoms with Crippen molar-refractivity contribution >= 4 is 82.8 Å². The van der Waals surface area contributed by atoms with Crippen LogP contribution in [0.15, 0.2) is 35.3 Å². The second kappa shape index (κ2) is 44.9. The molecule has 0 radical (unpaired) electrons. The maximum atomic E-state index is 14.8. The Balaban J connectivity index is 2.25. The van der Waals surface area contributed by atoms with Crippen LogP contribution in [0.25, 0.3) is 0 Å². The fourth-order valence-electron chi connectivity index (χ4n) is 12.2. The van der Waals surface area contributed by atoms with Gasteiger partial charge in [0.25, 0.3) is 0 Å². The number of aliphatic hydroxyl groups is 5. The number of carbonyl (C=O) groups is 13. The summed E-state index contributed by atoms with van der Waals surface area (Å²) in [7, 11) is 1.31. The van der Waals surface area contributed by atoms with Gasteiger partial charge in [-0.05, 0) is 88.0 Å². The predicted octanol–water partition coefficient (Wildman–Crippen LogP) is -3.66. The van der Waals surface area contributed by atoms with E-state index in [0.29, 0.717) is 24.8 Å².